The molecule has 3 aromatic carbocycles. The molecule has 0 saturated heterocycles. The Hall–Kier alpha value is -11.4. The van der Waals surface area contributed by atoms with Crippen LogP contribution in [0.2, 0.25) is 0 Å². The molecule has 8 amide bonds. The second-order valence-corrected chi connectivity index (χ2v) is 20.5. The third kappa shape index (κ3) is 12.8. The zero-order valence-corrected chi connectivity index (χ0v) is 48.2. The molecule has 7 heterocycles. The minimum Gasteiger partial charge on any atom is -0.507 e. The molecule has 0 unspecified atom stereocenters. The summed E-state index contributed by atoms with van der Waals surface area (Å²) in [6, 6.07) is 17.1. The Bertz CT molecular complexity index is 4460. The Kier molecular flexibility index (Phi) is 16.5. The first-order chi connectivity index (χ1) is 41.6. The van der Waals surface area contributed by atoms with Gasteiger partial charge in [-0.25, -0.2) is 19.9 Å². The summed E-state index contributed by atoms with van der Waals surface area (Å²) in [5, 5.41) is 34.9. The van der Waals surface area contributed by atoms with Crippen molar-refractivity contribution >= 4 is 132 Å². The molecule has 10 N–H and O–H groups in total. The molecule has 10 rings (SSSR count). The van der Waals surface area contributed by atoms with Crippen molar-refractivity contribution in [2.24, 2.45) is 35.2 Å². The van der Waals surface area contributed by atoms with Gasteiger partial charge in [-0.15, -0.1) is 11.6 Å². The second-order valence-electron chi connectivity index (χ2n) is 20.3. The van der Waals surface area contributed by atoms with Gasteiger partial charge in [0.25, 0.3) is 35.4 Å². The van der Waals surface area contributed by atoms with E-state index in [0.717, 1.165) is 16.3 Å². The fourth-order valence-corrected chi connectivity index (χ4v) is 9.94. The van der Waals surface area contributed by atoms with Crippen LogP contribution in [0.25, 0.3) is 32.6 Å². The van der Waals surface area contributed by atoms with Gasteiger partial charge in [-0.2, -0.15) is 0 Å². The van der Waals surface area contributed by atoms with Crippen molar-refractivity contribution in [2.45, 2.75) is 32.1 Å². The number of anilines is 6. The van der Waals surface area contributed by atoms with Crippen molar-refractivity contribution in [3.05, 3.63) is 138 Å². The Morgan fingerprint density at radius 1 is 0.540 bits per heavy atom. The highest BCUT2D eigenvalue weighted by Crippen LogP contribution is 2.37. The first kappa shape index (κ1) is 58.8. The molecule has 87 heavy (non-hydrogen) atoms. The first-order valence-corrected chi connectivity index (χ1v) is 27.3. The summed E-state index contributed by atoms with van der Waals surface area (Å²) in [6.45, 7) is 1.32. The third-order valence-corrected chi connectivity index (χ3v) is 14.0. The molecule has 0 aliphatic carbocycles. The van der Waals surface area contributed by atoms with Crippen LogP contribution in [0.4, 0.5) is 34.6 Å². The SMILES string of the molecule is CC(=O)Nc1cn(C)c(C(=O)Nc2cn(C)c(C(=O)NCCC(=O)Nc3cn(C)c(C(=O)NCCCC(=O)Nc4cc(C(=O)Nc5cn(C)c(C(=O)Nc6ccc7[nH]c(C(=O)n8cc(CCl)c9c%10ccccc%10c(O)cc98)cc7c6)n5)n(C)c4)n3)n2)n1. The van der Waals surface area contributed by atoms with Gasteiger partial charge in [0, 0.05) is 145 Å². The number of aryl methyl sites for hydroxylation is 5. The van der Waals surface area contributed by atoms with Gasteiger partial charge in [0.1, 0.15) is 17.1 Å². The maximum atomic E-state index is 14.0. The normalized spacial score (nSPS) is 11.2. The van der Waals surface area contributed by atoms with Gasteiger partial charge in [-0.3, -0.25) is 47.7 Å². The van der Waals surface area contributed by atoms with Crippen LogP contribution in [0.15, 0.2) is 97.8 Å². The first-order valence-electron chi connectivity index (χ1n) is 26.8. The van der Waals surface area contributed by atoms with E-state index in [2.05, 4.69) is 67.5 Å². The van der Waals surface area contributed by atoms with Crippen molar-refractivity contribution < 1.29 is 48.3 Å². The van der Waals surface area contributed by atoms with E-state index in [4.69, 9.17) is 11.6 Å². The summed E-state index contributed by atoms with van der Waals surface area (Å²) >= 11 is 6.34. The minimum absolute atomic E-state index is 0.00705. The Morgan fingerprint density at radius 2 is 1.09 bits per heavy atom. The fraction of sp³-hybridized carbons (Fsp3) is 0.211. The molecule has 0 saturated carbocycles. The topological polar surface area (TPSA) is 367 Å². The number of nitrogens with zero attached hydrogens (tertiary/aromatic N) is 10. The number of aromatic nitrogens is 11. The molecule has 29 nitrogen and oxygen atoms in total. The minimum atomic E-state index is -0.631. The van der Waals surface area contributed by atoms with E-state index in [-0.39, 0.29) is 120 Å². The number of H-pyrrole nitrogens is 1. The van der Waals surface area contributed by atoms with Crippen molar-refractivity contribution in [3.8, 4) is 5.75 Å². The summed E-state index contributed by atoms with van der Waals surface area (Å²) in [7, 11) is 7.89. The van der Waals surface area contributed by atoms with Crippen LogP contribution >= 0.6 is 11.6 Å². The van der Waals surface area contributed by atoms with Gasteiger partial charge in [-0.1, -0.05) is 24.3 Å². The third-order valence-electron chi connectivity index (χ3n) is 13.7. The van der Waals surface area contributed by atoms with E-state index in [0.29, 0.717) is 33.2 Å². The average Bonchev–Trinajstić information content (AvgIpc) is 1.69. The summed E-state index contributed by atoms with van der Waals surface area (Å²) in [5.74, 6) is -4.09. The lowest BCUT2D eigenvalue weighted by molar-refractivity contribution is -0.117. The van der Waals surface area contributed by atoms with Gasteiger partial charge in [0.2, 0.25) is 41.0 Å². The molecular formula is C57H56ClN19O10. The molecular weight excluding hydrogens is 1150 g/mol. The molecule has 0 aliphatic rings. The monoisotopic (exact) mass is 1200 g/mol. The number of carbonyl (C=O) groups is 9. The maximum absolute atomic E-state index is 14.0. The highest BCUT2D eigenvalue weighted by molar-refractivity contribution is 6.21. The number of imidazole rings is 4. The average molecular weight is 1200 g/mol. The van der Waals surface area contributed by atoms with Crippen LogP contribution in [-0.4, -0.2) is 124 Å². The van der Waals surface area contributed by atoms with Crippen molar-refractivity contribution in [1.29, 1.82) is 0 Å². The molecule has 0 fully saturated rings. The molecule has 0 radical (unpaired) electrons. The van der Waals surface area contributed by atoms with Crippen LogP contribution < -0.4 is 42.5 Å². The summed E-state index contributed by atoms with van der Waals surface area (Å²) in [5.41, 5.74) is 3.04. The number of rotatable bonds is 20. The number of phenolic OH excluding ortho intramolecular Hbond substituents is 1. The zero-order valence-electron chi connectivity index (χ0n) is 47.5. The maximum Gasteiger partial charge on any atom is 0.292 e. The molecule has 30 heteroatoms. The number of carbonyl (C=O) groups excluding carboxylic acids is 9. The standard InChI is InChI=1S/C57H56ClN19O10/c1-29(78)61-41-25-75(5)51(66-41)56(86)71-44-28-74(4)49(68-44)54(84)60-17-15-46(81)65-42-26-73(3)48(67-42)53(83)59-16-9-12-45(80)62-33-20-39(72(2)24-33)52(82)70-43-27-76(6)50(69-43)55(85)63-32-13-14-36-30(18-32)19-37(64-36)57(87)77-23-31(22-58)47-35-11-8-7-10-34(35)40(79)21-38(47)77/h7-8,10-11,13-14,18-21,23-28,64,79H,9,12,15-17,22H2,1-6H3,(H,59,83)(H,60,84)(H,61,78)(H,62,80)(H,63,85)(H,65,81)(H,70,82)(H,71,86). The number of nitrogens with one attached hydrogen (secondary N) is 9. The van der Waals surface area contributed by atoms with Crippen molar-refractivity contribution in [1.82, 2.24) is 63.0 Å². The summed E-state index contributed by atoms with van der Waals surface area (Å²) in [4.78, 5) is 137. The summed E-state index contributed by atoms with van der Waals surface area (Å²) < 4.78 is 8.63. The molecule has 0 spiro atoms. The Morgan fingerprint density at radius 3 is 1.71 bits per heavy atom. The lowest BCUT2D eigenvalue weighted by Gasteiger charge is -2.06. The number of phenols is 1. The molecule has 0 bridgehead atoms. The van der Waals surface area contributed by atoms with Gasteiger partial charge < -0.3 is 75.5 Å². The molecule has 7 aromatic heterocycles. The quantitative estimate of drug-likeness (QED) is 0.0342. The number of alkyl halides is 1. The predicted octanol–water partition coefficient (Wildman–Crippen LogP) is 5.30. The van der Waals surface area contributed by atoms with E-state index in [1.165, 1.54) is 65.2 Å². The number of fused-ring (bicyclic) bond motifs is 4. The van der Waals surface area contributed by atoms with E-state index in [1.54, 1.807) is 84.0 Å². The number of amides is 8. The Balaban J connectivity index is 0.649. The number of hydrogen-bond acceptors (Lipinski definition) is 14. The number of halogens is 1. The van der Waals surface area contributed by atoms with E-state index < -0.39 is 35.4 Å². The molecule has 446 valence electrons. The van der Waals surface area contributed by atoms with Crippen LogP contribution in [0.5, 0.6) is 5.75 Å². The van der Waals surface area contributed by atoms with E-state index in [1.807, 2.05) is 18.2 Å². The molecule has 0 aliphatic heterocycles. The molecule has 10 aromatic rings. The number of benzene rings is 3. The van der Waals surface area contributed by atoms with E-state index >= 15 is 0 Å². The van der Waals surface area contributed by atoms with Crippen molar-refractivity contribution in [3.63, 3.8) is 0 Å². The molecule has 0 atom stereocenters. The van der Waals surface area contributed by atoms with Gasteiger partial charge in [0.05, 0.1) is 11.2 Å². The van der Waals surface area contributed by atoms with Crippen LogP contribution in [-0.2, 0) is 55.5 Å². The number of hydrogen-bond donors (Lipinski definition) is 10. The summed E-state index contributed by atoms with van der Waals surface area (Å²) in [6.07, 6.45) is 9.10. The van der Waals surface area contributed by atoms with Gasteiger partial charge in [-0.05, 0) is 47.7 Å². The zero-order chi connectivity index (χ0) is 62.0. The number of aromatic hydroxyl groups is 1. The largest absolute Gasteiger partial charge is 0.507 e. The van der Waals surface area contributed by atoms with Crippen LogP contribution in [0, 0.1) is 0 Å². The van der Waals surface area contributed by atoms with E-state index in [9.17, 15) is 48.3 Å². The Labute approximate surface area is 497 Å². The fourth-order valence-electron chi connectivity index (χ4n) is 9.74. The predicted molar refractivity (Wildman–Crippen MR) is 321 cm³/mol. The second kappa shape index (κ2) is 24.5. The smallest absolute Gasteiger partial charge is 0.292 e. The highest BCUT2D eigenvalue weighted by atomic mass is 35.5. The lowest BCUT2D eigenvalue weighted by Crippen LogP contribution is -2.29. The van der Waals surface area contributed by atoms with Crippen LogP contribution in [0.3, 0.4) is 0 Å². The van der Waals surface area contributed by atoms with Crippen LogP contribution in [0.1, 0.15) is 95.2 Å². The lowest BCUT2D eigenvalue weighted by atomic mass is 10.0. The van der Waals surface area contributed by atoms with Gasteiger partial charge >= 0.3 is 0 Å². The van der Waals surface area contributed by atoms with Gasteiger partial charge in [0.15, 0.2) is 23.3 Å². The number of aromatic amines is 1. The van der Waals surface area contributed by atoms with Crippen molar-refractivity contribution in [2.75, 3.05) is 45.0 Å². The highest BCUT2D eigenvalue weighted by Gasteiger charge is 2.24.